The molecular formula is C19H27NO3. The second-order valence-corrected chi connectivity index (χ2v) is 4.87. The van der Waals surface area contributed by atoms with Gasteiger partial charge in [-0.15, -0.1) is 0 Å². The maximum absolute atomic E-state index is 6.00. The number of hydrogen-bond acceptors (Lipinski definition) is 4. The highest BCUT2D eigenvalue weighted by Crippen LogP contribution is 2.31. The molecule has 4 heteroatoms. The molecule has 0 aliphatic rings. The number of hydrogen-bond donors (Lipinski definition) is 1. The van der Waals surface area contributed by atoms with Crippen LogP contribution in [-0.2, 0) is 9.47 Å². The van der Waals surface area contributed by atoms with Crippen molar-refractivity contribution in [2.45, 2.75) is 13.0 Å². The van der Waals surface area contributed by atoms with Crippen molar-refractivity contribution in [2.75, 3.05) is 34.4 Å². The van der Waals surface area contributed by atoms with Gasteiger partial charge in [-0.05, 0) is 48.9 Å². The zero-order chi connectivity index (χ0) is 17.1. The van der Waals surface area contributed by atoms with E-state index >= 15 is 0 Å². The highest BCUT2D eigenvalue weighted by molar-refractivity contribution is 5.42. The van der Waals surface area contributed by atoms with Crippen LogP contribution in [0.1, 0.15) is 18.6 Å². The van der Waals surface area contributed by atoms with Crippen molar-refractivity contribution < 1.29 is 14.2 Å². The van der Waals surface area contributed by atoms with Crippen molar-refractivity contribution >= 4 is 0 Å². The molecule has 0 spiro atoms. The van der Waals surface area contributed by atoms with E-state index in [1.807, 2.05) is 50.4 Å². The zero-order valence-electron chi connectivity index (χ0n) is 14.5. The lowest BCUT2D eigenvalue weighted by molar-refractivity contribution is 0.0901. The lowest BCUT2D eigenvalue weighted by Crippen LogP contribution is -2.15. The second-order valence-electron chi connectivity index (χ2n) is 4.87. The third kappa shape index (κ3) is 5.58. The van der Waals surface area contributed by atoms with E-state index in [-0.39, 0.29) is 6.10 Å². The standard InChI is InChI=1S/C19H27NO3/c1-6-18(16(14-20-3)11-12-21-4)19(23-7-2)15-9-8-10-17(13-15)22-5/h6,8-13,19-20H,1,7,14H2,2-5H3/b12-11+,18-16-. The summed E-state index contributed by atoms with van der Waals surface area (Å²) in [6.07, 6.45) is 5.22. The molecule has 0 aliphatic carbocycles. The maximum Gasteiger partial charge on any atom is 0.119 e. The van der Waals surface area contributed by atoms with Gasteiger partial charge in [0.25, 0.3) is 0 Å². The van der Waals surface area contributed by atoms with Crippen LogP contribution in [0.3, 0.4) is 0 Å². The van der Waals surface area contributed by atoms with Gasteiger partial charge >= 0.3 is 0 Å². The summed E-state index contributed by atoms with van der Waals surface area (Å²) in [6.45, 7) is 7.24. The Labute approximate surface area is 139 Å². The first-order valence-electron chi connectivity index (χ1n) is 7.66. The summed E-state index contributed by atoms with van der Waals surface area (Å²) < 4.78 is 16.4. The molecule has 0 amide bonds. The molecule has 0 heterocycles. The number of methoxy groups -OCH3 is 2. The van der Waals surface area contributed by atoms with Gasteiger partial charge in [0.05, 0.1) is 20.5 Å². The molecule has 1 atom stereocenters. The summed E-state index contributed by atoms with van der Waals surface area (Å²) in [7, 11) is 5.19. The van der Waals surface area contributed by atoms with Gasteiger partial charge in [-0.3, -0.25) is 0 Å². The first kappa shape index (κ1) is 19.0. The van der Waals surface area contributed by atoms with E-state index in [0.29, 0.717) is 13.2 Å². The minimum atomic E-state index is -0.211. The van der Waals surface area contributed by atoms with Gasteiger partial charge in [0.2, 0.25) is 0 Å². The zero-order valence-corrected chi connectivity index (χ0v) is 14.5. The average molecular weight is 317 g/mol. The third-order valence-corrected chi connectivity index (χ3v) is 3.38. The number of ether oxygens (including phenoxy) is 3. The van der Waals surface area contributed by atoms with Crippen molar-refractivity contribution in [1.82, 2.24) is 5.32 Å². The minimum absolute atomic E-state index is 0.211. The van der Waals surface area contributed by atoms with Crippen LogP contribution in [0.5, 0.6) is 5.75 Å². The van der Waals surface area contributed by atoms with Crippen LogP contribution >= 0.6 is 0 Å². The normalized spacial score (nSPS) is 13.6. The summed E-state index contributed by atoms with van der Waals surface area (Å²) in [4.78, 5) is 0. The molecule has 0 aliphatic heterocycles. The molecule has 0 aromatic heterocycles. The van der Waals surface area contributed by atoms with Gasteiger partial charge < -0.3 is 19.5 Å². The molecule has 4 nitrogen and oxygen atoms in total. The predicted octanol–water partition coefficient (Wildman–Crippen LogP) is 3.63. The summed E-state index contributed by atoms with van der Waals surface area (Å²) in [5.41, 5.74) is 3.09. The molecule has 1 N–H and O–H groups in total. The summed E-state index contributed by atoms with van der Waals surface area (Å²) >= 11 is 0. The monoisotopic (exact) mass is 317 g/mol. The quantitative estimate of drug-likeness (QED) is 0.528. The van der Waals surface area contributed by atoms with E-state index in [2.05, 4.69) is 11.9 Å². The smallest absolute Gasteiger partial charge is 0.119 e. The number of benzene rings is 1. The highest BCUT2D eigenvalue weighted by Gasteiger charge is 2.18. The molecule has 1 unspecified atom stereocenters. The number of rotatable bonds is 10. The van der Waals surface area contributed by atoms with Crippen molar-refractivity contribution in [1.29, 1.82) is 0 Å². The number of likely N-dealkylation sites (N-methyl/N-ethyl adjacent to an activating group) is 1. The molecule has 0 saturated carbocycles. The largest absolute Gasteiger partial charge is 0.504 e. The lowest BCUT2D eigenvalue weighted by Gasteiger charge is -2.22. The van der Waals surface area contributed by atoms with Gasteiger partial charge in [-0.1, -0.05) is 24.8 Å². The first-order chi connectivity index (χ1) is 11.2. The average Bonchev–Trinajstić information content (AvgIpc) is 2.59. The van der Waals surface area contributed by atoms with Crippen molar-refractivity contribution in [3.8, 4) is 5.75 Å². The van der Waals surface area contributed by atoms with Crippen molar-refractivity contribution in [2.24, 2.45) is 0 Å². The van der Waals surface area contributed by atoms with E-state index in [1.165, 1.54) is 0 Å². The van der Waals surface area contributed by atoms with Crippen LogP contribution in [0, 0.1) is 0 Å². The van der Waals surface area contributed by atoms with Crippen LogP contribution in [-0.4, -0.2) is 34.4 Å². The molecule has 0 fully saturated rings. The SMILES string of the molecule is C=C/C(=C(\C=C\OC)CNC)C(OCC)c1cccc(OC)c1. The van der Waals surface area contributed by atoms with Crippen LogP contribution in [0.2, 0.25) is 0 Å². The second kappa shape index (κ2) is 10.6. The van der Waals surface area contributed by atoms with Crippen LogP contribution in [0.15, 0.2) is 60.4 Å². The topological polar surface area (TPSA) is 39.7 Å². The molecule has 1 rings (SSSR count). The molecule has 23 heavy (non-hydrogen) atoms. The van der Waals surface area contributed by atoms with E-state index < -0.39 is 0 Å². The molecule has 126 valence electrons. The van der Waals surface area contributed by atoms with Gasteiger partial charge in [0.1, 0.15) is 11.9 Å². The van der Waals surface area contributed by atoms with Crippen LogP contribution in [0.25, 0.3) is 0 Å². The fourth-order valence-corrected chi connectivity index (χ4v) is 2.34. The van der Waals surface area contributed by atoms with Gasteiger partial charge in [-0.25, -0.2) is 0 Å². The summed E-state index contributed by atoms with van der Waals surface area (Å²) in [5.74, 6) is 0.804. The Morgan fingerprint density at radius 1 is 1.35 bits per heavy atom. The van der Waals surface area contributed by atoms with E-state index in [0.717, 1.165) is 22.5 Å². The first-order valence-corrected chi connectivity index (χ1v) is 7.66. The molecule has 1 aromatic carbocycles. The Bertz CT molecular complexity index is 549. The van der Waals surface area contributed by atoms with Gasteiger partial charge in [0, 0.05) is 13.2 Å². The maximum atomic E-state index is 6.00. The minimum Gasteiger partial charge on any atom is -0.504 e. The van der Waals surface area contributed by atoms with Gasteiger partial charge in [-0.2, -0.15) is 0 Å². The Morgan fingerprint density at radius 3 is 2.70 bits per heavy atom. The molecular weight excluding hydrogens is 290 g/mol. The summed E-state index contributed by atoms with van der Waals surface area (Å²) in [6, 6.07) is 7.90. The third-order valence-electron chi connectivity index (χ3n) is 3.38. The molecule has 1 aromatic rings. The van der Waals surface area contributed by atoms with Crippen molar-refractivity contribution in [3.63, 3.8) is 0 Å². The van der Waals surface area contributed by atoms with Crippen LogP contribution in [0.4, 0.5) is 0 Å². The fraction of sp³-hybridized carbons (Fsp3) is 0.368. The van der Waals surface area contributed by atoms with Crippen molar-refractivity contribution in [3.05, 3.63) is 66.0 Å². The fourth-order valence-electron chi connectivity index (χ4n) is 2.34. The van der Waals surface area contributed by atoms with E-state index in [9.17, 15) is 0 Å². The van der Waals surface area contributed by atoms with Crippen LogP contribution < -0.4 is 10.1 Å². The Kier molecular flexibility index (Phi) is 8.80. The Morgan fingerprint density at radius 2 is 2.13 bits per heavy atom. The number of nitrogens with one attached hydrogen (secondary N) is 1. The predicted molar refractivity (Wildman–Crippen MR) is 94.7 cm³/mol. The Balaban J connectivity index is 3.35. The molecule has 0 saturated heterocycles. The molecule has 0 radical (unpaired) electrons. The van der Waals surface area contributed by atoms with E-state index in [1.54, 1.807) is 20.5 Å². The summed E-state index contributed by atoms with van der Waals surface area (Å²) in [5, 5.41) is 3.17. The van der Waals surface area contributed by atoms with E-state index in [4.69, 9.17) is 14.2 Å². The highest BCUT2D eigenvalue weighted by atomic mass is 16.5. The molecule has 0 bridgehead atoms. The lowest BCUT2D eigenvalue weighted by atomic mass is 9.96. The van der Waals surface area contributed by atoms with Gasteiger partial charge in [0.15, 0.2) is 0 Å². The Hall–Kier alpha value is -2.04.